The minimum Gasteiger partial charge on any atom is -0.482 e. The number of nitro benzene ring substituents is 1. The van der Waals surface area contributed by atoms with Gasteiger partial charge in [-0.3, -0.25) is 19.5 Å². The van der Waals surface area contributed by atoms with E-state index in [1.165, 1.54) is 12.1 Å². The molecule has 30 heavy (non-hydrogen) atoms. The zero-order valence-corrected chi connectivity index (χ0v) is 16.9. The molecule has 0 radical (unpaired) electrons. The first-order valence-corrected chi connectivity index (χ1v) is 9.25. The summed E-state index contributed by atoms with van der Waals surface area (Å²) in [5.74, 6) is -0.0126. The van der Waals surface area contributed by atoms with Crippen molar-refractivity contribution in [3.63, 3.8) is 0 Å². The summed E-state index contributed by atoms with van der Waals surface area (Å²) in [6.45, 7) is 3.29. The molecular weight excluding hydrogens is 408 g/mol. The quantitative estimate of drug-likeness (QED) is 0.461. The van der Waals surface area contributed by atoms with Gasteiger partial charge in [0.25, 0.3) is 11.6 Å². The molecule has 0 saturated carbocycles. The predicted molar refractivity (Wildman–Crippen MR) is 112 cm³/mol. The lowest BCUT2D eigenvalue weighted by molar-refractivity contribution is -0.384. The summed E-state index contributed by atoms with van der Waals surface area (Å²) in [7, 11) is 0. The van der Waals surface area contributed by atoms with Gasteiger partial charge >= 0.3 is 0 Å². The van der Waals surface area contributed by atoms with Crippen LogP contribution in [0.3, 0.4) is 0 Å². The summed E-state index contributed by atoms with van der Waals surface area (Å²) in [6.07, 6.45) is 0. The Morgan fingerprint density at radius 3 is 2.57 bits per heavy atom. The van der Waals surface area contributed by atoms with Crippen LogP contribution in [0.15, 0.2) is 48.5 Å². The maximum Gasteiger partial charge on any atom is 0.271 e. The van der Waals surface area contributed by atoms with E-state index in [1.807, 2.05) is 44.2 Å². The van der Waals surface area contributed by atoms with Crippen LogP contribution in [0.5, 0.6) is 5.75 Å². The maximum atomic E-state index is 12.5. The number of aromatic nitrogens is 1. The van der Waals surface area contributed by atoms with Crippen molar-refractivity contribution in [2.45, 2.75) is 13.8 Å². The topological polar surface area (TPSA) is 110 Å². The molecule has 0 aliphatic heterocycles. The van der Waals surface area contributed by atoms with Crippen molar-refractivity contribution in [1.82, 2.24) is 4.57 Å². The second-order valence-electron chi connectivity index (χ2n) is 6.43. The third-order valence-corrected chi connectivity index (χ3v) is 4.88. The fourth-order valence-electron chi connectivity index (χ4n) is 2.99. The highest BCUT2D eigenvalue weighted by atomic mass is 35.5. The SMILES string of the molecule is Cc1c(C#N)c(NC(=O)COc2ccc([N+](=O)[O-])cc2Cl)n(-c2ccccc2)c1C. The molecule has 0 fully saturated rings. The van der Waals surface area contributed by atoms with Crippen LogP contribution in [-0.2, 0) is 4.79 Å². The number of rotatable bonds is 6. The Morgan fingerprint density at radius 1 is 1.27 bits per heavy atom. The lowest BCUT2D eigenvalue weighted by Crippen LogP contribution is -2.22. The zero-order valence-electron chi connectivity index (χ0n) is 16.2. The fourth-order valence-corrected chi connectivity index (χ4v) is 3.22. The van der Waals surface area contributed by atoms with Gasteiger partial charge < -0.3 is 10.1 Å². The molecule has 0 bridgehead atoms. The van der Waals surface area contributed by atoms with Crippen molar-refractivity contribution in [3.8, 4) is 17.5 Å². The molecule has 1 amide bonds. The second-order valence-corrected chi connectivity index (χ2v) is 6.83. The smallest absolute Gasteiger partial charge is 0.271 e. The molecule has 152 valence electrons. The molecule has 0 aliphatic carbocycles. The second kappa shape index (κ2) is 8.68. The van der Waals surface area contributed by atoms with E-state index in [0.717, 1.165) is 23.0 Å². The Hall–Kier alpha value is -3.83. The van der Waals surface area contributed by atoms with Gasteiger partial charge in [0.05, 0.1) is 15.5 Å². The third-order valence-electron chi connectivity index (χ3n) is 4.58. The molecule has 0 saturated heterocycles. The van der Waals surface area contributed by atoms with E-state index >= 15 is 0 Å². The number of ether oxygens (including phenoxy) is 1. The molecule has 1 N–H and O–H groups in total. The molecule has 9 heteroatoms. The number of nitrogens with zero attached hydrogens (tertiary/aromatic N) is 3. The van der Waals surface area contributed by atoms with Crippen molar-refractivity contribution in [2.75, 3.05) is 11.9 Å². The van der Waals surface area contributed by atoms with Crippen LogP contribution in [0.25, 0.3) is 5.69 Å². The van der Waals surface area contributed by atoms with E-state index in [4.69, 9.17) is 16.3 Å². The van der Waals surface area contributed by atoms with Gasteiger partial charge in [-0.25, -0.2) is 0 Å². The summed E-state index contributed by atoms with van der Waals surface area (Å²) >= 11 is 5.99. The van der Waals surface area contributed by atoms with Gasteiger partial charge in [0.1, 0.15) is 17.6 Å². The maximum absolute atomic E-state index is 12.5. The summed E-state index contributed by atoms with van der Waals surface area (Å²) < 4.78 is 7.20. The minimum atomic E-state index is -0.575. The van der Waals surface area contributed by atoms with Gasteiger partial charge in [0.2, 0.25) is 0 Å². The highest BCUT2D eigenvalue weighted by Crippen LogP contribution is 2.31. The minimum absolute atomic E-state index is 0.0223. The Balaban J connectivity index is 1.83. The lowest BCUT2D eigenvalue weighted by atomic mass is 10.2. The summed E-state index contributed by atoms with van der Waals surface area (Å²) in [4.78, 5) is 22.7. The molecular formula is C21H17ClN4O4. The van der Waals surface area contributed by atoms with E-state index in [2.05, 4.69) is 11.4 Å². The number of non-ortho nitro benzene ring substituents is 1. The number of anilines is 1. The molecule has 0 atom stereocenters. The van der Waals surface area contributed by atoms with Gasteiger partial charge in [0.15, 0.2) is 6.61 Å². The van der Waals surface area contributed by atoms with E-state index in [9.17, 15) is 20.2 Å². The molecule has 1 aromatic heterocycles. The van der Waals surface area contributed by atoms with E-state index in [1.54, 1.807) is 4.57 Å². The molecule has 3 rings (SSSR count). The average molecular weight is 425 g/mol. The van der Waals surface area contributed by atoms with Gasteiger partial charge in [0, 0.05) is 23.5 Å². The monoisotopic (exact) mass is 424 g/mol. The average Bonchev–Trinajstić information content (AvgIpc) is 2.96. The van der Waals surface area contributed by atoms with Crippen LogP contribution >= 0.6 is 11.6 Å². The number of carbonyl (C=O) groups excluding carboxylic acids is 1. The fraction of sp³-hybridized carbons (Fsp3) is 0.143. The standard InChI is InChI=1S/C21H17ClN4O4/c1-13-14(2)25(15-6-4-3-5-7-15)21(17(13)11-23)24-20(27)12-30-19-9-8-16(26(28)29)10-18(19)22/h3-10H,12H2,1-2H3,(H,24,27). The number of nitro groups is 1. The molecule has 8 nitrogen and oxygen atoms in total. The van der Waals surface area contributed by atoms with Crippen LogP contribution in [0.2, 0.25) is 5.02 Å². The van der Waals surface area contributed by atoms with E-state index < -0.39 is 10.8 Å². The molecule has 0 spiro atoms. The number of benzene rings is 2. The number of amides is 1. The first kappa shape index (κ1) is 20.9. The predicted octanol–water partition coefficient (Wildman–Crippen LogP) is 4.54. The summed E-state index contributed by atoms with van der Waals surface area (Å²) in [5, 5.41) is 23.1. The number of hydrogen-bond donors (Lipinski definition) is 1. The van der Waals surface area contributed by atoms with Crippen molar-refractivity contribution < 1.29 is 14.5 Å². The Kier molecular flexibility index (Phi) is 6.04. The number of para-hydroxylation sites is 1. The Labute approximate surface area is 177 Å². The van der Waals surface area contributed by atoms with Crippen LogP contribution in [0.4, 0.5) is 11.5 Å². The number of nitriles is 1. The number of carbonyl (C=O) groups is 1. The first-order valence-electron chi connectivity index (χ1n) is 8.87. The zero-order chi connectivity index (χ0) is 21.8. The van der Waals surface area contributed by atoms with Gasteiger partial charge in [-0.15, -0.1) is 0 Å². The first-order chi connectivity index (χ1) is 14.3. The molecule has 2 aromatic carbocycles. The Bertz CT molecular complexity index is 1170. The van der Waals surface area contributed by atoms with Gasteiger partial charge in [-0.1, -0.05) is 29.8 Å². The third kappa shape index (κ3) is 4.11. The van der Waals surface area contributed by atoms with Crippen LogP contribution in [-0.4, -0.2) is 22.0 Å². The van der Waals surface area contributed by atoms with Crippen molar-refractivity contribution in [2.24, 2.45) is 0 Å². The van der Waals surface area contributed by atoms with Gasteiger partial charge in [-0.05, 0) is 37.6 Å². The van der Waals surface area contributed by atoms with Crippen molar-refractivity contribution in [1.29, 1.82) is 5.26 Å². The normalized spacial score (nSPS) is 10.3. The molecule has 0 aliphatic rings. The van der Waals surface area contributed by atoms with Crippen molar-refractivity contribution in [3.05, 3.63) is 80.5 Å². The number of halogens is 1. The largest absolute Gasteiger partial charge is 0.482 e. The molecule has 0 unspecified atom stereocenters. The number of hydrogen-bond acceptors (Lipinski definition) is 5. The summed E-state index contributed by atoms with van der Waals surface area (Å²) in [5.41, 5.74) is 2.57. The van der Waals surface area contributed by atoms with Crippen LogP contribution in [0.1, 0.15) is 16.8 Å². The van der Waals surface area contributed by atoms with E-state index in [0.29, 0.717) is 11.4 Å². The van der Waals surface area contributed by atoms with E-state index in [-0.39, 0.29) is 23.1 Å². The summed E-state index contributed by atoms with van der Waals surface area (Å²) in [6, 6.07) is 15.2. The molecule has 3 aromatic rings. The molecule has 1 heterocycles. The number of nitrogens with one attached hydrogen (secondary N) is 1. The highest BCUT2D eigenvalue weighted by Gasteiger charge is 2.21. The van der Waals surface area contributed by atoms with Crippen molar-refractivity contribution >= 4 is 29.0 Å². The van der Waals surface area contributed by atoms with Crippen LogP contribution < -0.4 is 10.1 Å². The lowest BCUT2D eigenvalue weighted by Gasteiger charge is -2.13. The highest BCUT2D eigenvalue weighted by molar-refractivity contribution is 6.32. The van der Waals surface area contributed by atoms with Crippen LogP contribution in [0, 0.1) is 35.3 Å². The Morgan fingerprint density at radius 2 is 1.97 bits per heavy atom. The van der Waals surface area contributed by atoms with Gasteiger partial charge in [-0.2, -0.15) is 5.26 Å².